The summed E-state index contributed by atoms with van der Waals surface area (Å²) in [6.07, 6.45) is 4.34. The lowest BCUT2D eigenvalue weighted by atomic mass is 9.84. The summed E-state index contributed by atoms with van der Waals surface area (Å²) in [4.78, 5) is 13.9. The van der Waals surface area contributed by atoms with E-state index in [1.54, 1.807) is 6.26 Å². The summed E-state index contributed by atoms with van der Waals surface area (Å²) < 4.78 is 5.57. The van der Waals surface area contributed by atoms with Crippen LogP contribution in [0.5, 0.6) is 0 Å². The number of carbonyl (C=O) groups is 1. The van der Waals surface area contributed by atoms with E-state index >= 15 is 0 Å². The van der Waals surface area contributed by atoms with Gasteiger partial charge in [-0.2, -0.15) is 0 Å². The normalized spacial score (nSPS) is 30.4. The molecule has 2 saturated heterocycles. The monoisotopic (exact) mass is 277 g/mol. The van der Waals surface area contributed by atoms with Gasteiger partial charge in [0.05, 0.1) is 12.3 Å². The van der Waals surface area contributed by atoms with Gasteiger partial charge in [-0.05, 0) is 37.8 Å². The number of nitrogens with one attached hydrogen (secondary N) is 1. The molecule has 0 aromatic carbocycles. The SMILES string of the molecule is CC(N)C(c1ccco1)N1CCC2NC(=O)CCC2C1. The lowest BCUT2D eigenvalue weighted by Crippen LogP contribution is -2.55. The van der Waals surface area contributed by atoms with Crippen LogP contribution in [0.1, 0.15) is 38.0 Å². The minimum atomic E-state index is 0.0240. The summed E-state index contributed by atoms with van der Waals surface area (Å²) in [6, 6.07) is 4.42. The maximum absolute atomic E-state index is 11.5. The van der Waals surface area contributed by atoms with Crippen molar-refractivity contribution in [2.75, 3.05) is 13.1 Å². The minimum absolute atomic E-state index is 0.0240. The second-order valence-corrected chi connectivity index (χ2v) is 6.08. The number of nitrogens with two attached hydrogens (primary N) is 1. The van der Waals surface area contributed by atoms with E-state index in [1.165, 1.54) is 0 Å². The van der Waals surface area contributed by atoms with Gasteiger partial charge in [0, 0.05) is 31.6 Å². The van der Waals surface area contributed by atoms with Gasteiger partial charge in [-0.25, -0.2) is 0 Å². The number of carbonyl (C=O) groups excluding carboxylic acids is 1. The van der Waals surface area contributed by atoms with Crippen molar-refractivity contribution in [2.24, 2.45) is 11.7 Å². The Morgan fingerprint density at radius 3 is 3.05 bits per heavy atom. The van der Waals surface area contributed by atoms with E-state index in [0.29, 0.717) is 18.4 Å². The quantitative estimate of drug-likeness (QED) is 0.873. The number of piperidine rings is 2. The molecule has 0 saturated carbocycles. The van der Waals surface area contributed by atoms with Crippen LogP contribution in [0.4, 0.5) is 0 Å². The van der Waals surface area contributed by atoms with Gasteiger partial charge in [0.15, 0.2) is 0 Å². The Labute approximate surface area is 119 Å². The van der Waals surface area contributed by atoms with Gasteiger partial charge in [0.25, 0.3) is 0 Å². The molecule has 5 nitrogen and oxygen atoms in total. The van der Waals surface area contributed by atoms with Crippen LogP contribution in [0, 0.1) is 5.92 Å². The second-order valence-electron chi connectivity index (χ2n) is 6.08. The lowest BCUT2D eigenvalue weighted by Gasteiger charge is -2.44. The van der Waals surface area contributed by atoms with Crippen LogP contribution in [-0.4, -0.2) is 36.0 Å². The number of furan rings is 1. The van der Waals surface area contributed by atoms with Gasteiger partial charge in [-0.15, -0.1) is 0 Å². The van der Waals surface area contributed by atoms with E-state index in [4.69, 9.17) is 10.2 Å². The van der Waals surface area contributed by atoms with Crippen molar-refractivity contribution < 1.29 is 9.21 Å². The molecule has 2 aliphatic rings. The van der Waals surface area contributed by atoms with Crippen LogP contribution >= 0.6 is 0 Å². The predicted molar refractivity (Wildman–Crippen MR) is 75.9 cm³/mol. The van der Waals surface area contributed by atoms with Crippen LogP contribution in [0.2, 0.25) is 0 Å². The molecule has 110 valence electrons. The summed E-state index contributed by atoms with van der Waals surface area (Å²) in [5, 5.41) is 3.12. The summed E-state index contributed by atoms with van der Waals surface area (Å²) in [7, 11) is 0. The molecule has 5 heteroatoms. The van der Waals surface area contributed by atoms with Gasteiger partial charge in [-0.1, -0.05) is 0 Å². The predicted octanol–water partition coefficient (Wildman–Crippen LogP) is 1.27. The fourth-order valence-corrected chi connectivity index (χ4v) is 3.62. The van der Waals surface area contributed by atoms with E-state index in [9.17, 15) is 4.79 Å². The zero-order valence-corrected chi connectivity index (χ0v) is 11.9. The molecule has 0 radical (unpaired) electrons. The average molecular weight is 277 g/mol. The van der Waals surface area contributed by atoms with Crippen molar-refractivity contribution >= 4 is 5.91 Å². The molecule has 0 aliphatic carbocycles. The second kappa shape index (κ2) is 5.58. The number of fused-ring (bicyclic) bond motifs is 1. The summed E-state index contributed by atoms with van der Waals surface area (Å²) in [6.45, 7) is 3.97. The molecule has 2 fully saturated rings. The van der Waals surface area contributed by atoms with E-state index in [2.05, 4.69) is 10.2 Å². The molecule has 1 amide bonds. The third kappa shape index (κ3) is 2.60. The maximum atomic E-state index is 11.5. The smallest absolute Gasteiger partial charge is 0.220 e. The van der Waals surface area contributed by atoms with Crippen molar-refractivity contribution in [2.45, 2.75) is 44.3 Å². The standard InChI is InChI=1S/C15H23N3O2/c1-10(16)15(13-3-2-8-20-13)18-7-6-12-11(9-18)4-5-14(19)17-12/h2-3,8,10-12,15H,4-7,9,16H2,1H3,(H,17,19). The Balaban J connectivity index is 1.72. The van der Waals surface area contributed by atoms with Gasteiger partial charge in [-0.3, -0.25) is 9.69 Å². The number of hydrogen-bond donors (Lipinski definition) is 2. The molecule has 4 unspecified atom stereocenters. The maximum Gasteiger partial charge on any atom is 0.220 e. The fourth-order valence-electron chi connectivity index (χ4n) is 3.62. The molecule has 2 aliphatic heterocycles. The molecular weight excluding hydrogens is 254 g/mol. The van der Waals surface area contributed by atoms with Crippen molar-refractivity contribution in [1.82, 2.24) is 10.2 Å². The highest BCUT2D eigenvalue weighted by molar-refractivity contribution is 5.77. The topological polar surface area (TPSA) is 71.5 Å². The molecule has 1 aromatic rings. The molecule has 3 rings (SSSR count). The molecule has 0 bridgehead atoms. The van der Waals surface area contributed by atoms with E-state index in [-0.39, 0.29) is 18.0 Å². The first-order valence-corrected chi connectivity index (χ1v) is 7.47. The Morgan fingerprint density at radius 2 is 2.35 bits per heavy atom. The Hall–Kier alpha value is -1.33. The zero-order valence-electron chi connectivity index (χ0n) is 11.9. The minimum Gasteiger partial charge on any atom is -0.468 e. The first kappa shape index (κ1) is 13.6. The fraction of sp³-hybridized carbons (Fsp3) is 0.667. The third-order valence-corrected chi connectivity index (χ3v) is 4.58. The Bertz CT molecular complexity index is 458. The highest BCUT2D eigenvalue weighted by Crippen LogP contribution is 2.32. The van der Waals surface area contributed by atoms with Crippen LogP contribution < -0.4 is 11.1 Å². The van der Waals surface area contributed by atoms with Crippen molar-refractivity contribution in [3.8, 4) is 0 Å². The third-order valence-electron chi connectivity index (χ3n) is 4.58. The Morgan fingerprint density at radius 1 is 1.50 bits per heavy atom. The first-order valence-electron chi connectivity index (χ1n) is 7.47. The van der Waals surface area contributed by atoms with Crippen LogP contribution in [0.3, 0.4) is 0 Å². The number of rotatable bonds is 3. The molecule has 1 aromatic heterocycles. The summed E-state index contributed by atoms with van der Waals surface area (Å²) in [5.74, 6) is 1.69. The van der Waals surface area contributed by atoms with E-state index < -0.39 is 0 Å². The molecular formula is C15H23N3O2. The molecule has 3 N–H and O–H groups in total. The van der Waals surface area contributed by atoms with Gasteiger partial charge >= 0.3 is 0 Å². The van der Waals surface area contributed by atoms with Gasteiger partial charge < -0.3 is 15.5 Å². The first-order chi connectivity index (χ1) is 9.65. The van der Waals surface area contributed by atoms with Crippen LogP contribution in [0.15, 0.2) is 22.8 Å². The van der Waals surface area contributed by atoms with E-state index in [0.717, 1.165) is 31.7 Å². The highest BCUT2D eigenvalue weighted by Gasteiger charge is 2.37. The van der Waals surface area contributed by atoms with Gasteiger partial charge in [0.1, 0.15) is 5.76 Å². The van der Waals surface area contributed by atoms with E-state index in [1.807, 2.05) is 19.1 Å². The lowest BCUT2D eigenvalue weighted by molar-refractivity contribution is -0.125. The summed E-state index contributed by atoms with van der Waals surface area (Å²) in [5.41, 5.74) is 6.18. The molecule has 0 spiro atoms. The summed E-state index contributed by atoms with van der Waals surface area (Å²) >= 11 is 0. The number of likely N-dealkylation sites (tertiary alicyclic amines) is 1. The van der Waals surface area contributed by atoms with Crippen molar-refractivity contribution in [3.05, 3.63) is 24.2 Å². The average Bonchev–Trinajstić information content (AvgIpc) is 2.92. The number of nitrogens with zero attached hydrogens (tertiary/aromatic N) is 1. The number of hydrogen-bond acceptors (Lipinski definition) is 4. The molecule has 20 heavy (non-hydrogen) atoms. The largest absolute Gasteiger partial charge is 0.468 e. The van der Waals surface area contributed by atoms with Crippen LogP contribution in [-0.2, 0) is 4.79 Å². The number of amides is 1. The molecule has 4 atom stereocenters. The van der Waals surface area contributed by atoms with Crippen molar-refractivity contribution in [3.63, 3.8) is 0 Å². The highest BCUT2D eigenvalue weighted by atomic mass is 16.3. The zero-order chi connectivity index (χ0) is 14.1. The Kier molecular flexibility index (Phi) is 3.81. The van der Waals surface area contributed by atoms with Crippen molar-refractivity contribution in [1.29, 1.82) is 0 Å². The molecule has 3 heterocycles. The van der Waals surface area contributed by atoms with Gasteiger partial charge in [0.2, 0.25) is 5.91 Å². The van der Waals surface area contributed by atoms with Crippen LogP contribution in [0.25, 0.3) is 0 Å².